The van der Waals surface area contributed by atoms with Crippen LogP contribution in [0.1, 0.15) is 5.56 Å². The highest BCUT2D eigenvalue weighted by atomic mass is 35.5. The Bertz CT molecular complexity index is 880. The Labute approximate surface area is 147 Å². The van der Waals surface area contributed by atoms with E-state index in [2.05, 4.69) is 10.3 Å². The number of rotatable bonds is 4. The fourth-order valence-corrected chi connectivity index (χ4v) is 3.32. The molecule has 0 aliphatic carbocycles. The molecular weight excluding hydrogens is 355 g/mol. The van der Waals surface area contributed by atoms with E-state index in [9.17, 15) is 4.79 Å². The van der Waals surface area contributed by atoms with Gasteiger partial charge in [0, 0.05) is 11.1 Å². The van der Waals surface area contributed by atoms with Crippen LogP contribution >= 0.6 is 34.5 Å². The normalized spacial score (nSPS) is 10.7. The molecule has 0 saturated heterocycles. The molecule has 0 radical (unpaired) electrons. The molecule has 2 aromatic carbocycles. The molecule has 0 aliphatic rings. The first-order valence-corrected chi connectivity index (χ1v) is 8.34. The van der Waals surface area contributed by atoms with Crippen LogP contribution in [0.2, 0.25) is 10.0 Å². The van der Waals surface area contributed by atoms with E-state index in [0.29, 0.717) is 20.9 Å². The van der Waals surface area contributed by atoms with Gasteiger partial charge in [0.2, 0.25) is 0 Å². The number of nitrogens with zero attached hydrogens (tertiary/aromatic N) is 1. The van der Waals surface area contributed by atoms with E-state index in [1.807, 2.05) is 25.1 Å². The van der Waals surface area contributed by atoms with Gasteiger partial charge in [0.15, 0.2) is 11.7 Å². The fourth-order valence-electron chi connectivity index (χ4n) is 2.03. The van der Waals surface area contributed by atoms with Gasteiger partial charge in [0.05, 0.1) is 15.2 Å². The molecule has 7 heteroatoms. The van der Waals surface area contributed by atoms with Crippen LogP contribution in [0.25, 0.3) is 10.2 Å². The summed E-state index contributed by atoms with van der Waals surface area (Å²) in [7, 11) is 0. The summed E-state index contributed by atoms with van der Waals surface area (Å²) in [6.45, 7) is 1.81. The minimum absolute atomic E-state index is 0.172. The van der Waals surface area contributed by atoms with Crippen molar-refractivity contribution in [3.05, 3.63) is 52.0 Å². The van der Waals surface area contributed by atoms with Gasteiger partial charge in [0.25, 0.3) is 5.91 Å². The fraction of sp³-hybridized carbons (Fsp3) is 0.125. The van der Waals surface area contributed by atoms with E-state index in [1.165, 1.54) is 11.3 Å². The Morgan fingerprint density at radius 3 is 2.91 bits per heavy atom. The zero-order valence-corrected chi connectivity index (χ0v) is 14.4. The number of anilines is 1. The zero-order chi connectivity index (χ0) is 16.4. The molecule has 4 nitrogen and oxygen atoms in total. The number of hydrogen-bond donors (Lipinski definition) is 1. The van der Waals surface area contributed by atoms with Crippen LogP contribution in [-0.2, 0) is 4.79 Å². The summed E-state index contributed by atoms with van der Waals surface area (Å²) in [5.74, 6) is 0.0622. The molecule has 1 amide bonds. The average molecular weight is 367 g/mol. The van der Waals surface area contributed by atoms with E-state index in [4.69, 9.17) is 27.9 Å². The SMILES string of the molecule is Cc1cccc2sc(NC(=O)COc3cc(Cl)ccc3Cl)nc12. The van der Waals surface area contributed by atoms with Crippen molar-refractivity contribution in [1.29, 1.82) is 0 Å². The van der Waals surface area contributed by atoms with Gasteiger partial charge in [0.1, 0.15) is 5.75 Å². The van der Waals surface area contributed by atoms with E-state index in [1.54, 1.807) is 18.2 Å². The largest absolute Gasteiger partial charge is 0.482 e. The average Bonchev–Trinajstić information content (AvgIpc) is 2.92. The highest BCUT2D eigenvalue weighted by Crippen LogP contribution is 2.29. The van der Waals surface area contributed by atoms with Crippen LogP contribution < -0.4 is 10.1 Å². The van der Waals surface area contributed by atoms with Crippen molar-refractivity contribution in [3.63, 3.8) is 0 Å². The number of aromatic nitrogens is 1. The molecule has 0 bridgehead atoms. The summed E-state index contributed by atoms with van der Waals surface area (Å²) < 4.78 is 6.42. The van der Waals surface area contributed by atoms with E-state index in [-0.39, 0.29) is 12.5 Å². The number of halogens is 2. The highest BCUT2D eigenvalue weighted by Gasteiger charge is 2.11. The van der Waals surface area contributed by atoms with Crippen molar-refractivity contribution in [2.45, 2.75) is 6.92 Å². The van der Waals surface area contributed by atoms with Crippen LogP contribution in [0.4, 0.5) is 5.13 Å². The monoisotopic (exact) mass is 366 g/mol. The molecule has 23 heavy (non-hydrogen) atoms. The van der Waals surface area contributed by atoms with Crippen LogP contribution in [0, 0.1) is 6.92 Å². The van der Waals surface area contributed by atoms with E-state index >= 15 is 0 Å². The molecule has 0 unspecified atom stereocenters. The smallest absolute Gasteiger partial charge is 0.264 e. The molecule has 1 N–H and O–H groups in total. The first-order valence-electron chi connectivity index (χ1n) is 6.77. The molecule has 1 heterocycles. The molecule has 0 fully saturated rings. The highest BCUT2D eigenvalue weighted by molar-refractivity contribution is 7.22. The third kappa shape index (κ3) is 3.75. The van der Waals surface area contributed by atoms with Crippen LogP contribution in [-0.4, -0.2) is 17.5 Å². The number of ether oxygens (including phenoxy) is 1. The van der Waals surface area contributed by atoms with Crippen molar-refractivity contribution < 1.29 is 9.53 Å². The number of thiazole rings is 1. The Kier molecular flexibility index (Phi) is 4.71. The van der Waals surface area contributed by atoms with Crippen molar-refractivity contribution in [1.82, 2.24) is 4.98 Å². The lowest BCUT2D eigenvalue weighted by molar-refractivity contribution is -0.118. The Hall–Kier alpha value is -1.82. The molecule has 3 rings (SSSR count). The summed E-state index contributed by atoms with van der Waals surface area (Å²) >= 11 is 13.3. The van der Waals surface area contributed by atoms with Gasteiger partial charge in [-0.1, -0.05) is 46.7 Å². The first-order chi connectivity index (χ1) is 11.0. The van der Waals surface area contributed by atoms with Gasteiger partial charge in [-0.2, -0.15) is 0 Å². The van der Waals surface area contributed by atoms with Crippen molar-refractivity contribution >= 4 is 55.8 Å². The molecule has 3 aromatic rings. The third-order valence-electron chi connectivity index (χ3n) is 3.12. The van der Waals surface area contributed by atoms with Gasteiger partial charge in [-0.05, 0) is 30.7 Å². The molecule has 0 saturated carbocycles. The number of nitrogens with one attached hydrogen (secondary N) is 1. The zero-order valence-electron chi connectivity index (χ0n) is 12.1. The molecule has 0 spiro atoms. The second-order valence-electron chi connectivity index (χ2n) is 4.85. The first kappa shape index (κ1) is 16.1. The second-order valence-corrected chi connectivity index (χ2v) is 6.73. The van der Waals surface area contributed by atoms with Crippen molar-refractivity contribution in [3.8, 4) is 5.75 Å². The molecule has 0 atom stereocenters. The summed E-state index contributed by atoms with van der Waals surface area (Å²) in [5, 5.41) is 4.16. The lowest BCUT2D eigenvalue weighted by atomic mass is 10.2. The number of benzene rings is 2. The standard InChI is InChI=1S/C16H12Cl2N2O2S/c1-9-3-2-4-13-15(9)20-16(23-13)19-14(21)8-22-12-7-10(17)5-6-11(12)18/h2-7H,8H2,1H3,(H,19,20,21). The quantitative estimate of drug-likeness (QED) is 0.712. The summed E-state index contributed by atoms with van der Waals surface area (Å²) in [6, 6.07) is 10.8. The van der Waals surface area contributed by atoms with Gasteiger partial charge in [-0.3, -0.25) is 10.1 Å². The number of para-hydroxylation sites is 1. The van der Waals surface area contributed by atoms with E-state index in [0.717, 1.165) is 15.8 Å². The van der Waals surface area contributed by atoms with E-state index < -0.39 is 0 Å². The second kappa shape index (κ2) is 6.74. The number of amides is 1. The number of carbonyl (C=O) groups is 1. The van der Waals surface area contributed by atoms with Crippen molar-refractivity contribution in [2.24, 2.45) is 0 Å². The lowest BCUT2D eigenvalue weighted by Gasteiger charge is -2.07. The molecular formula is C16H12Cl2N2O2S. The van der Waals surface area contributed by atoms with Gasteiger partial charge >= 0.3 is 0 Å². The van der Waals surface area contributed by atoms with Crippen LogP contribution in [0.3, 0.4) is 0 Å². The van der Waals surface area contributed by atoms with Crippen molar-refractivity contribution in [2.75, 3.05) is 11.9 Å². The molecule has 0 aliphatic heterocycles. The lowest BCUT2D eigenvalue weighted by Crippen LogP contribution is -2.20. The third-order valence-corrected chi connectivity index (χ3v) is 4.60. The number of carbonyl (C=O) groups excluding carboxylic acids is 1. The van der Waals surface area contributed by atoms with Crippen LogP contribution in [0.5, 0.6) is 5.75 Å². The summed E-state index contributed by atoms with van der Waals surface area (Å²) in [6.07, 6.45) is 0. The Morgan fingerprint density at radius 1 is 1.30 bits per heavy atom. The number of aryl methyl sites for hydroxylation is 1. The topological polar surface area (TPSA) is 51.2 Å². The van der Waals surface area contributed by atoms with Crippen LogP contribution in [0.15, 0.2) is 36.4 Å². The summed E-state index contributed by atoms with van der Waals surface area (Å²) in [5.41, 5.74) is 1.97. The number of fused-ring (bicyclic) bond motifs is 1. The van der Waals surface area contributed by atoms with Gasteiger partial charge in [-0.25, -0.2) is 4.98 Å². The minimum atomic E-state index is -0.308. The van der Waals surface area contributed by atoms with Gasteiger partial charge in [-0.15, -0.1) is 0 Å². The minimum Gasteiger partial charge on any atom is -0.482 e. The maximum atomic E-state index is 12.0. The predicted molar refractivity (Wildman–Crippen MR) is 94.9 cm³/mol. The predicted octanol–water partition coefficient (Wildman–Crippen LogP) is 4.93. The van der Waals surface area contributed by atoms with Gasteiger partial charge < -0.3 is 4.74 Å². The maximum absolute atomic E-state index is 12.0. The molecule has 118 valence electrons. The Balaban J connectivity index is 1.66. The maximum Gasteiger partial charge on any atom is 0.264 e. The summed E-state index contributed by atoms with van der Waals surface area (Å²) in [4.78, 5) is 16.4. The number of hydrogen-bond acceptors (Lipinski definition) is 4. The Morgan fingerprint density at radius 2 is 2.13 bits per heavy atom. The molecule has 1 aromatic heterocycles.